The van der Waals surface area contributed by atoms with Gasteiger partial charge in [-0.05, 0) is 46.4 Å². The monoisotopic (exact) mass is 411 g/mol. The van der Waals surface area contributed by atoms with E-state index in [9.17, 15) is 18.8 Å². The first kappa shape index (κ1) is 19.3. The minimum atomic E-state index is -0.804. The highest BCUT2D eigenvalue weighted by atomic mass is 32.1. The lowest BCUT2D eigenvalue weighted by Crippen LogP contribution is -2.42. The van der Waals surface area contributed by atoms with Crippen molar-refractivity contribution in [1.82, 2.24) is 0 Å². The number of nitrogens with two attached hydrogens (primary N) is 1. The summed E-state index contributed by atoms with van der Waals surface area (Å²) >= 11 is 1.45. The lowest BCUT2D eigenvalue weighted by atomic mass is 9.69. The van der Waals surface area contributed by atoms with Gasteiger partial charge in [0.15, 0.2) is 5.78 Å². The number of ketones is 1. The number of carbonyl (C=O) groups is 1. The van der Waals surface area contributed by atoms with Crippen LogP contribution in [0.4, 0.5) is 14.5 Å². The lowest BCUT2D eigenvalue weighted by molar-refractivity contribution is -0.118. The first-order chi connectivity index (χ1) is 13.7. The van der Waals surface area contributed by atoms with Gasteiger partial charge in [0, 0.05) is 17.7 Å². The van der Waals surface area contributed by atoms with Crippen LogP contribution in [0.15, 0.2) is 57.7 Å². The highest BCUT2D eigenvalue weighted by Gasteiger charge is 2.45. The maximum absolute atomic E-state index is 14.7. The van der Waals surface area contributed by atoms with Crippen molar-refractivity contribution in [2.24, 2.45) is 11.1 Å². The fourth-order valence-corrected chi connectivity index (χ4v) is 4.93. The number of hydrogen-bond donors (Lipinski definition) is 1. The molecular weight excluding hydrogens is 392 g/mol. The van der Waals surface area contributed by atoms with Gasteiger partial charge in [-0.2, -0.15) is 16.6 Å². The first-order valence-electron chi connectivity index (χ1n) is 9.17. The Morgan fingerprint density at radius 2 is 1.93 bits per heavy atom. The number of para-hydroxylation sites is 1. The standard InChI is InChI=1S/C22H19F2N3OS/c1-22(2)8-16-19(17(28)9-22)18(12-6-7-29-11-12)13(10-25)21(26)27(16)20-14(23)4-3-5-15(20)24/h3-7,11,18H,8-9,26H2,1-2H3/t18-/m0/s1. The molecule has 0 amide bonds. The fraction of sp³-hybridized carbons (Fsp3) is 0.273. The molecule has 2 aromatic rings. The summed E-state index contributed by atoms with van der Waals surface area (Å²) in [4.78, 5) is 14.5. The zero-order valence-electron chi connectivity index (χ0n) is 16.0. The fourth-order valence-electron chi connectivity index (χ4n) is 4.24. The Kier molecular flexibility index (Phi) is 4.55. The van der Waals surface area contributed by atoms with Crippen LogP contribution in [0.2, 0.25) is 0 Å². The number of halogens is 2. The van der Waals surface area contributed by atoms with E-state index < -0.39 is 23.0 Å². The summed E-state index contributed by atoms with van der Waals surface area (Å²) < 4.78 is 29.4. The van der Waals surface area contributed by atoms with Crippen molar-refractivity contribution in [3.63, 3.8) is 0 Å². The van der Waals surface area contributed by atoms with E-state index in [0.29, 0.717) is 24.1 Å². The third-order valence-corrected chi connectivity index (χ3v) is 6.12. The molecule has 4 rings (SSSR count). The third kappa shape index (κ3) is 3.04. The average Bonchev–Trinajstić information content (AvgIpc) is 3.16. The van der Waals surface area contributed by atoms with E-state index in [1.165, 1.54) is 22.3 Å². The van der Waals surface area contributed by atoms with Crippen LogP contribution in [0, 0.1) is 28.4 Å². The highest BCUT2D eigenvalue weighted by molar-refractivity contribution is 7.08. The van der Waals surface area contributed by atoms with Gasteiger partial charge in [-0.1, -0.05) is 19.9 Å². The van der Waals surface area contributed by atoms with E-state index in [2.05, 4.69) is 6.07 Å². The molecule has 0 bridgehead atoms. The molecule has 4 nitrogen and oxygen atoms in total. The summed E-state index contributed by atoms with van der Waals surface area (Å²) in [6.45, 7) is 3.87. The molecule has 0 spiro atoms. The Bertz CT molecular complexity index is 1090. The number of rotatable bonds is 2. The van der Waals surface area contributed by atoms with Crippen LogP contribution in [-0.4, -0.2) is 5.78 Å². The topological polar surface area (TPSA) is 70.1 Å². The number of nitriles is 1. The second kappa shape index (κ2) is 6.82. The van der Waals surface area contributed by atoms with E-state index in [1.807, 2.05) is 30.7 Å². The van der Waals surface area contributed by atoms with Crippen LogP contribution in [-0.2, 0) is 4.79 Å². The second-order valence-corrected chi connectivity index (χ2v) is 8.89. The number of nitrogens with zero attached hydrogens (tertiary/aromatic N) is 2. The predicted octanol–water partition coefficient (Wildman–Crippen LogP) is 4.97. The predicted molar refractivity (Wildman–Crippen MR) is 108 cm³/mol. The van der Waals surface area contributed by atoms with Crippen LogP contribution in [0.5, 0.6) is 0 Å². The van der Waals surface area contributed by atoms with E-state index in [4.69, 9.17) is 5.73 Å². The summed E-state index contributed by atoms with van der Waals surface area (Å²) in [7, 11) is 0. The van der Waals surface area contributed by atoms with Crippen LogP contribution in [0.25, 0.3) is 0 Å². The van der Waals surface area contributed by atoms with Gasteiger partial charge in [-0.3, -0.25) is 9.69 Å². The molecule has 1 atom stereocenters. The summed E-state index contributed by atoms with van der Waals surface area (Å²) in [5.74, 6) is -2.41. The highest BCUT2D eigenvalue weighted by Crippen LogP contribution is 2.50. The minimum absolute atomic E-state index is 0.0445. The molecule has 2 N–H and O–H groups in total. The van der Waals surface area contributed by atoms with Gasteiger partial charge in [0.25, 0.3) is 0 Å². The molecule has 0 unspecified atom stereocenters. The van der Waals surface area contributed by atoms with Crippen LogP contribution in [0.3, 0.4) is 0 Å². The van der Waals surface area contributed by atoms with Gasteiger partial charge in [0.2, 0.25) is 0 Å². The normalized spacial score (nSPS) is 21.3. The Balaban J connectivity index is 2.05. The molecule has 0 saturated heterocycles. The molecule has 1 aliphatic carbocycles. The summed E-state index contributed by atoms with van der Waals surface area (Å²) in [6, 6.07) is 7.48. The van der Waals surface area contributed by atoms with Crippen LogP contribution in [0.1, 0.15) is 38.2 Å². The SMILES string of the molecule is CC1(C)CC(=O)C2=C(C1)N(c1c(F)cccc1F)C(N)=C(C#N)[C@@H]2c1ccsc1. The number of thiophene rings is 1. The molecule has 1 aliphatic heterocycles. The molecule has 0 saturated carbocycles. The molecule has 1 aromatic heterocycles. The van der Waals surface area contributed by atoms with Crippen molar-refractivity contribution in [2.75, 3.05) is 4.90 Å². The quantitative estimate of drug-likeness (QED) is 0.758. The van der Waals surface area contributed by atoms with Gasteiger partial charge >= 0.3 is 0 Å². The number of anilines is 1. The maximum atomic E-state index is 14.7. The van der Waals surface area contributed by atoms with Crippen LogP contribution < -0.4 is 10.6 Å². The minimum Gasteiger partial charge on any atom is -0.384 e. The molecule has 0 fully saturated rings. The number of Topliss-reactive ketones (excluding diaryl/α,β-unsaturated/α-hetero) is 1. The Morgan fingerprint density at radius 1 is 1.24 bits per heavy atom. The molecule has 148 valence electrons. The second-order valence-electron chi connectivity index (χ2n) is 8.11. The van der Waals surface area contributed by atoms with Gasteiger partial charge in [-0.15, -0.1) is 0 Å². The summed E-state index contributed by atoms with van der Waals surface area (Å²) in [5, 5.41) is 13.6. The smallest absolute Gasteiger partial charge is 0.162 e. The van der Waals surface area contributed by atoms with Crippen molar-refractivity contribution < 1.29 is 13.6 Å². The number of carbonyl (C=O) groups excluding carboxylic acids is 1. The largest absolute Gasteiger partial charge is 0.384 e. The van der Waals surface area contributed by atoms with Crippen LogP contribution >= 0.6 is 11.3 Å². The van der Waals surface area contributed by atoms with Crippen molar-refractivity contribution in [3.05, 3.63) is 74.9 Å². The Hall–Kier alpha value is -2.98. The van der Waals surface area contributed by atoms with E-state index in [0.717, 1.165) is 17.7 Å². The summed E-state index contributed by atoms with van der Waals surface area (Å²) in [5.41, 5.74) is 7.35. The summed E-state index contributed by atoms with van der Waals surface area (Å²) in [6.07, 6.45) is 0.695. The van der Waals surface area contributed by atoms with Gasteiger partial charge < -0.3 is 5.73 Å². The first-order valence-corrected chi connectivity index (χ1v) is 10.1. The molecule has 29 heavy (non-hydrogen) atoms. The molecule has 0 radical (unpaired) electrons. The molecule has 2 heterocycles. The Morgan fingerprint density at radius 3 is 2.52 bits per heavy atom. The van der Waals surface area contributed by atoms with Gasteiger partial charge in [0.05, 0.1) is 17.6 Å². The molecule has 2 aliphatic rings. The number of benzene rings is 1. The number of allylic oxidation sites excluding steroid dienone is 3. The average molecular weight is 411 g/mol. The maximum Gasteiger partial charge on any atom is 0.162 e. The third-order valence-electron chi connectivity index (χ3n) is 5.42. The zero-order chi connectivity index (χ0) is 20.9. The Labute approximate surface area is 171 Å². The van der Waals surface area contributed by atoms with Crippen molar-refractivity contribution in [1.29, 1.82) is 5.26 Å². The van der Waals surface area contributed by atoms with Crippen molar-refractivity contribution in [3.8, 4) is 6.07 Å². The molecule has 7 heteroatoms. The van der Waals surface area contributed by atoms with Crippen molar-refractivity contribution >= 4 is 22.8 Å². The number of hydrogen-bond acceptors (Lipinski definition) is 5. The van der Waals surface area contributed by atoms with Gasteiger partial charge in [-0.25, -0.2) is 8.78 Å². The van der Waals surface area contributed by atoms with Gasteiger partial charge in [0.1, 0.15) is 23.1 Å². The van der Waals surface area contributed by atoms with E-state index in [-0.39, 0.29) is 22.9 Å². The molecule has 1 aromatic carbocycles. The lowest BCUT2D eigenvalue weighted by Gasteiger charge is -2.43. The van der Waals surface area contributed by atoms with E-state index >= 15 is 0 Å². The van der Waals surface area contributed by atoms with Crippen molar-refractivity contribution in [2.45, 2.75) is 32.6 Å². The van der Waals surface area contributed by atoms with E-state index in [1.54, 1.807) is 0 Å². The molecular formula is C22H19F2N3OS. The zero-order valence-corrected chi connectivity index (χ0v) is 16.8.